The van der Waals surface area contributed by atoms with Crippen molar-refractivity contribution < 1.29 is 18.7 Å². The number of fused-ring (bicyclic) bond motifs is 1. The highest BCUT2D eigenvalue weighted by molar-refractivity contribution is 6.00. The van der Waals surface area contributed by atoms with Crippen LogP contribution in [0.4, 0.5) is 5.69 Å². The topological polar surface area (TPSA) is 80.6 Å². The maximum absolute atomic E-state index is 12.1. The van der Waals surface area contributed by atoms with Crippen LogP contribution in [-0.2, 0) is 11.3 Å². The van der Waals surface area contributed by atoms with Crippen LogP contribution in [0.15, 0.2) is 41.0 Å². The second-order valence-corrected chi connectivity index (χ2v) is 4.72. The molecule has 6 nitrogen and oxygen atoms in total. The lowest BCUT2D eigenvalue weighted by molar-refractivity contribution is -0.122. The Labute approximate surface area is 121 Å². The average Bonchev–Trinajstić information content (AvgIpc) is 2.99. The number of ether oxygens (including phenoxy) is 1. The van der Waals surface area contributed by atoms with E-state index in [0.29, 0.717) is 29.3 Å². The number of furan rings is 1. The van der Waals surface area contributed by atoms with E-state index in [2.05, 4.69) is 10.6 Å². The van der Waals surface area contributed by atoms with Crippen molar-refractivity contribution in [3.8, 4) is 5.75 Å². The van der Waals surface area contributed by atoms with Crippen molar-refractivity contribution >= 4 is 17.5 Å². The minimum atomic E-state index is -0.570. The lowest BCUT2D eigenvalue weighted by atomic mass is 10.1. The smallest absolute Gasteiger partial charge is 0.265 e. The molecule has 0 spiro atoms. The summed E-state index contributed by atoms with van der Waals surface area (Å²) in [6, 6.07) is 8.45. The fourth-order valence-corrected chi connectivity index (χ4v) is 2.03. The highest BCUT2D eigenvalue weighted by atomic mass is 16.5. The van der Waals surface area contributed by atoms with E-state index >= 15 is 0 Å². The molecule has 0 fully saturated rings. The van der Waals surface area contributed by atoms with Crippen LogP contribution in [0, 0.1) is 0 Å². The van der Waals surface area contributed by atoms with E-state index in [1.807, 2.05) is 0 Å². The van der Waals surface area contributed by atoms with Gasteiger partial charge >= 0.3 is 0 Å². The molecule has 3 rings (SSSR count). The van der Waals surface area contributed by atoms with Gasteiger partial charge in [0.1, 0.15) is 11.5 Å². The van der Waals surface area contributed by atoms with Gasteiger partial charge in [-0.3, -0.25) is 9.59 Å². The molecule has 1 aromatic carbocycles. The molecule has 2 aromatic rings. The Kier molecular flexibility index (Phi) is 3.35. The number of amides is 2. The van der Waals surface area contributed by atoms with E-state index in [-0.39, 0.29) is 11.8 Å². The Morgan fingerprint density at radius 2 is 2.24 bits per heavy atom. The second kappa shape index (κ2) is 5.32. The largest absolute Gasteiger partial charge is 0.479 e. The van der Waals surface area contributed by atoms with Crippen molar-refractivity contribution in [1.29, 1.82) is 0 Å². The van der Waals surface area contributed by atoms with Gasteiger partial charge in [0.25, 0.3) is 11.8 Å². The van der Waals surface area contributed by atoms with Gasteiger partial charge in [0.15, 0.2) is 6.10 Å². The predicted octanol–water partition coefficient (Wildman–Crippen LogP) is 1.93. The molecule has 0 radical (unpaired) electrons. The van der Waals surface area contributed by atoms with Crippen LogP contribution >= 0.6 is 0 Å². The summed E-state index contributed by atoms with van der Waals surface area (Å²) in [5.41, 5.74) is 1.03. The van der Waals surface area contributed by atoms with Gasteiger partial charge in [-0.15, -0.1) is 0 Å². The average molecular weight is 286 g/mol. The van der Waals surface area contributed by atoms with Gasteiger partial charge in [-0.1, -0.05) is 0 Å². The van der Waals surface area contributed by atoms with Crippen molar-refractivity contribution in [3.05, 3.63) is 47.9 Å². The SMILES string of the molecule is CC1Oc2cc(C(=O)NCc3ccco3)ccc2NC1=O. The van der Waals surface area contributed by atoms with Crippen LogP contribution in [0.5, 0.6) is 5.75 Å². The molecule has 6 heteroatoms. The van der Waals surface area contributed by atoms with Crippen molar-refractivity contribution in [2.75, 3.05) is 5.32 Å². The van der Waals surface area contributed by atoms with Crippen LogP contribution in [0.1, 0.15) is 23.0 Å². The standard InChI is InChI=1S/C15H14N2O4/c1-9-14(18)17-12-5-4-10(7-13(12)21-9)15(19)16-8-11-3-2-6-20-11/h2-7,9H,8H2,1H3,(H,16,19)(H,17,18). The van der Waals surface area contributed by atoms with Crippen LogP contribution in [0.2, 0.25) is 0 Å². The normalized spacial score (nSPS) is 16.6. The molecule has 0 saturated heterocycles. The summed E-state index contributed by atoms with van der Waals surface area (Å²) < 4.78 is 10.6. The molecule has 108 valence electrons. The molecule has 21 heavy (non-hydrogen) atoms. The molecule has 1 aromatic heterocycles. The fourth-order valence-electron chi connectivity index (χ4n) is 2.03. The summed E-state index contributed by atoms with van der Waals surface area (Å²) in [6.45, 7) is 1.97. The third kappa shape index (κ3) is 2.74. The van der Waals surface area contributed by atoms with E-state index in [4.69, 9.17) is 9.15 Å². The zero-order chi connectivity index (χ0) is 14.8. The molecule has 1 atom stereocenters. The number of hydrogen-bond acceptors (Lipinski definition) is 4. The highest BCUT2D eigenvalue weighted by Crippen LogP contribution is 2.30. The molecular weight excluding hydrogens is 272 g/mol. The van der Waals surface area contributed by atoms with Crippen LogP contribution in [0.3, 0.4) is 0 Å². The number of carbonyl (C=O) groups is 2. The first-order chi connectivity index (χ1) is 10.1. The number of rotatable bonds is 3. The minimum Gasteiger partial charge on any atom is -0.479 e. The third-order valence-corrected chi connectivity index (χ3v) is 3.18. The van der Waals surface area contributed by atoms with E-state index in [1.165, 1.54) is 0 Å². The Morgan fingerprint density at radius 3 is 3.00 bits per heavy atom. The minimum absolute atomic E-state index is 0.197. The molecule has 0 bridgehead atoms. The van der Waals surface area contributed by atoms with Crippen molar-refractivity contribution in [3.63, 3.8) is 0 Å². The van der Waals surface area contributed by atoms with Crippen molar-refractivity contribution in [2.24, 2.45) is 0 Å². The first-order valence-corrected chi connectivity index (χ1v) is 6.55. The van der Waals surface area contributed by atoms with E-state index in [1.54, 1.807) is 43.5 Å². The summed E-state index contributed by atoms with van der Waals surface area (Å²) in [7, 11) is 0. The molecule has 2 N–H and O–H groups in total. The number of benzene rings is 1. The molecule has 0 saturated carbocycles. The maximum Gasteiger partial charge on any atom is 0.265 e. The second-order valence-electron chi connectivity index (χ2n) is 4.72. The Balaban J connectivity index is 1.73. The number of anilines is 1. The van der Waals surface area contributed by atoms with Gasteiger partial charge in [0.2, 0.25) is 0 Å². The quantitative estimate of drug-likeness (QED) is 0.903. The molecule has 2 amide bonds. The van der Waals surface area contributed by atoms with Gasteiger partial charge in [0.05, 0.1) is 18.5 Å². The number of carbonyl (C=O) groups excluding carboxylic acids is 2. The third-order valence-electron chi connectivity index (χ3n) is 3.18. The molecule has 0 aliphatic carbocycles. The Morgan fingerprint density at radius 1 is 1.38 bits per heavy atom. The van der Waals surface area contributed by atoms with Gasteiger partial charge in [-0.2, -0.15) is 0 Å². The molecular formula is C15H14N2O4. The predicted molar refractivity (Wildman–Crippen MR) is 75.0 cm³/mol. The molecule has 2 heterocycles. The van der Waals surface area contributed by atoms with E-state index in [9.17, 15) is 9.59 Å². The first-order valence-electron chi connectivity index (χ1n) is 6.55. The Bertz CT molecular complexity index is 679. The lowest BCUT2D eigenvalue weighted by Gasteiger charge is -2.23. The molecule has 1 unspecified atom stereocenters. The monoisotopic (exact) mass is 286 g/mol. The van der Waals surface area contributed by atoms with Crippen molar-refractivity contribution in [1.82, 2.24) is 5.32 Å². The summed E-state index contributed by atoms with van der Waals surface area (Å²) in [5.74, 6) is 0.742. The van der Waals surface area contributed by atoms with Crippen LogP contribution in [0.25, 0.3) is 0 Å². The zero-order valence-electron chi connectivity index (χ0n) is 11.4. The Hall–Kier alpha value is -2.76. The summed E-state index contributed by atoms with van der Waals surface area (Å²) in [4.78, 5) is 23.6. The van der Waals surface area contributed by atoms with Gasteiger partial charge in [0, 0.05) is 5.56 Å². The maximum atomic E-state index is 12.1. The summed E-state index contributed by atoms with van der Waals surface area (Å²) in [5, 5.41) is 5.47. The van der Waals surface area contributed by atoms with Gasteiger partial charge in [-0.05, 0) is 37.3 Å². The first kappa shape index (κ1) is 13.2. The number of hydrogen-bond donors (Lipinski definition) is 2. The van der Waals surface area contributed by atoms with E-state index < -0.39 is 6.10 Å². The summed E-state index contributed by atoms with van der Waals surface area (Å²) in [6.07, 6.45) is 0.983. The van der Waals surface area contributed by atoms with Crippen molar-refractivity contribution in [2.45, 2.75) is 19.6 Å². The van der Waals surface area contributed by atoms with E-state index in [0.717, 1.165) is 0 Å². The highest BCUT2D eigenvalue weighted by Gasteiger charge is 2.24. The molecule has 1 aliphatic rings. The number of nitrogens with one attached hydrogen (secondary N) is 2. The lowest BCUT2D eigenvalue weighted by Crippen LogP contribution is -2.34. The van der Waals surface area contributed by atoms with Gasteiger partial charge in [-0.25, -0.2) is 0 Å². The van der Waals surface area contributed by atoms with Crippen LogP contribution < -0.4 is 15.4 Å². The van der Waals surface area contributed by atoms with Crippen LogP contribution in [-0.4, -0.2) is 17.9 Å². The van der Waals surface area contributed by atoms with Gasteiger partial charge < -0.3 is 19.8 Å². The molecule has 1 aliphatic heterocycles. The zero-order valence-corrected chi connectivity index (χ0v) is 11.4. The fraction of sp³-hybridized carbons (Fsp3) is 0.200. The summed E-state index contributed by atoms with van der Waals surface area (Å²) >= 11 is 0.